The largest absolute Gasteiger partial charge is 0.465 e. The van der Waals surface area contributed by atoms with E-state index in [4.69, 9.17) is 4.74 Å². The van der Waals surface area contributed by atoms with Gasteiger partial charge in [-0.3, -0.25) is 4.90 Å². The molecule has 0 radical (unpaired) electrons. The second kappa shape index (κ2) is 7.90. The molecule has 6 nitrogen and oxygen atoms in total. The zero-order chi connectivity index (χ0) is 21.2. The van der Waals surface area contributed by atoms with E-state index in [-0.39, 0.29) is 6.04 Å². The average molecular weight is 409 g/mol. The zero-order valence-electron chi connectivity index (χ0n) is 16.0. The third-order valence-electron chi connectivity index (χ3n) is 4.86. The van der Waals surface area contributed by atoms with Crippen LogP contribution in [0.5, 0.6) is 0 Å². The molecule has 2 heterocycles. The minimum atomic E-state index is -4.41. The number of hydrogen-bond acceptors (Lipinski definition) is 4. The number of nitrogens with zero attached hydrogens (tertiary/aromatic N) is 2. The van der Waals surface area contributed by atoms with E-state index in [2.05, 4.69) is 10.3 Å². The number of rotatable bonds is 5. The first-order chi connectivity index (χ1) is 13.6. The van der Waals surface area contributed by atoms with E-state index in [0.717, 1.165) is 17.8 Å². The topological polar surface area (TPSA) is 74.7 Å². The van der Waals surface area contributed by atoms with Crippen molar-refractivity contribution in [2.24, 2.45) is 0 Å². The Labute approximate surface area is 166 Å². The molecule has 1 atom stereocenters. The van der Waals surface area contributed by atoms with Gasteiger partial charge in [-0.25, -0.2) is 9.78 Å². The quantitative estimate of drug-likeness (QED) is 0.735. The van der Waals surface area contributed by atoms with Gasteiger partial charge in [0.2, 0.25) is 0 Å². The van der Waals surface area contributed by atoms with Gasteiger partial charge >= 0.3 is 12.3 Å². The maximum atomic E-state index is 12.6. The number of hydrogen-bond donors (Lipinski definition) is 2. The van der Waals surface area contributed by atoms with Crippen LogP contribution in [-0.4, -0.2) is 39.5 Å². The van der Waals surface area contributed by atoms with Crippen LogP contribution in [0, 0.1) is 0 Å². The molecule has 1 aromatic carbocycles. The first-order valence-corrected chi connectivity index (χ1v) is 9.12. The zero-order valence-corrected chi connectivity index (χ0v) is 16.0. The summed E-state index contributed by atoms with van der Waals surface area (Å²) in [4.78, 5) is 16.6. The maximum absolute atomic E-state index is 12.6. The Morgan fingerprint density at radius 2 is 1.97 bits per heavy atom. The van der Waals surface area contributed by atoms with Crippen LogP contribution in [0.3, 0.4) is 0 Å². The molecule has 2 N–H and O–H groups in total. The standard InChI is InChI=1S/C20H22F3N3O3/c1-19(2)26(18(27)28)16(12-29-19)9-5-13-3-7-15(8-4-13)25-17-10-6-14(11-24-17)20(21,22)23/h3-4,6-8,10-11,16H,5,9,12H2,1-2H3,(H,24,25)(H,27,28). The molecule has 29 heavy (non-hydrogen) atoms. The molecule has 1 aliphatic heterocycles. The highest BCUT2D eigenvalue weighted by Crippen LogP contribution is 2.30. The van der Waals surface area contributed by atoms with Crippen molar-refractivity contribution in [2.45, 2.75) is 44.6 Å². The molecule has 1 amide bonds. The van der Waals surface area contributed by atoms with Crippen LogP contribution in [0.2, 0.25) is 0 Å². The van der Waals surface area contributed by atoms with E-state index in [9.17, 15) is 23.1 Å². The van der Waals surface area contributed by atoms with E-state index in [0.29, 0.717) is 31.0 Å². The lowest BCUT2D eigenvalue weighted by Crippen LogP contribution is -2.47. The number of alkyl halides is 3. The van der Waals surface area contributed by atoms with Crippen molar-refractivity contribution in [3.05, 3.63) is 53.7 Å². The van der Waals surface area contributed by atoms with Crippen molar-refractivity contribution in [2.75, 3.05) is 11.9 Å². The molecule has 156 valence electrons. The Hall–Kier alpha value is -2.81. The first kappa shape index (κ1) is 20.9. The lowest BCUT2D eigenvalue weighted by Gasteiger charge is -2.31. The van der Waals surface area contributed by atoms with Crippen LogP contribution in [0.15, 0.2) is 42.6 Å². The van der Waals surface area contributed by atoms with E-state index in [1.54, 1.807) is 26.0 Å². The summed E-state index contributed by atoms with van der Waals surface area (Å²) in [5, 5.41) is 12.4. The van der Waals surface area contributed by atoms with Gasteiger partial charge in [-0.05, 0) is 56.5 Å². The molecule has 1 aromatic heterocycles. The van der Waals surface area contributed by atoms with Gasteiger partial charge in [0.05, 0.1) is 18.2 Å². The first-order valence-electron chi connectivity index (χ1n) is 9.12. The molecule has 2 aromatic rings. The summed E-state index contributed by atoms with van der Waals surface area (Å²) in [7, 11) is 0. The van der Waals surface area contributed by atoms with Crippen molar-refractivity contribution < 1.29 is 27.8 Å². The summed E-state index contributed by atoms with van der Waals surface area (Å²) in [6, 6.07) is 9.42. The number of carboxylic acid groups (broad SMARTS) is 1. The Morgan fingerprint density at radius 3 is 2.52 bits per heavy atom. The van der Waals surface area contributed by atoms with Crippen LogP contribution >= 0.6 is 0 Å². The SMILES string of the molecule is CC1(C)OCC(CCc2ccc(Nc3ccc(C(F)(F)F)cn3)cc2)N1C(=O)O. The Morgan fingerprint density at radius 1 is 1.28 bits per heavy atom. The summed E-state index contributed by atoms with van der Waals surface area (Å²) in [6.45, 7) is 3.83. The molecule has 1 unspecified atom stereocenters. The van der Waals surface area contributed by atoms with Crippen molar-refractivity contribution in [1.29, 1.82) is 0 Å². The third kappa shape index (κ3) is 4.97. The van der Waals surface area contributed by atoms with Crippen LogP contribution in [0.1, 0.15) is 31.4 Å². The fourth-order valence-corrected chi connectivity index (χ4v) is 3.35. The number of nitrogens with one attached hydrogen (secondary N) is 1. The molecule has 0 spiro atoms. The van der Waals surface area contributed by atoms with Gasteiger partial charge in [-0.15, -0.1) is 0 Å². The molecule has 9 heteroatoms. The van der Waals surface area contributed by atoms with Gasteiger partial charge in [0, 0.05) is 11.9 Å². The molecule has 1 fully saturated rings. The van der Waals surface area contributed by atoms with E-state index < -0.39 is 23.6 Å². The molecule has 1 aliphatic rings. The Balaban J connectivity index is 1.57. The molecule has 0 aliphatic carbocycles. The second-order valence-electron chi connectivity index (χ2n) is 7.35. The Kier molecular flexibility index (Phi) is 5.70. The highest BCUT2D eigenvalue weighted by atomic mass is 19.4. The van der Waals surface area contributed by atoms with Crippen molar-refractivity contribution in [1.82, 2.24) is 9.88 Å². The molecule has 0 bridgehead atoms. The monoisotopic (exact) mass is 409 g/mol. The van der Waals surface area contributed by atoms with E-state index in [1.807, 2.05) is 12.1 Å². The molecule has 3 rings (SSSR count). The molecular formula is C20H22F3N3O3. The predicted molar refractivity (Wildman–Crippen MR) is 101 cm³/mol. The van der Waals surface area contributed by atoms with Crippen molar-refractivity contribution in [3.8, 4) is 0 Å². The lowest BCUT2D eigenvalue weighted by molar-refractivity contribution is -0.137. The van der Waals surface area contributed by atoms with E-state index >= 15 is 0 Å². The molecular weight excluding hydrogens is 387 g/mol. The number of ether oxygens (including phenoxy) is 1. The molecule has 0 saturated carbocycles. The molecule has 1 saturated heterocycles. The average Bonchev–Trinajstić information content (AvgIpc) is 2.95. The third-order valence-corrected chi connectivity index (χ3v) is 4.86. The minimum absolute atomic E-state index is 0.211. The van der Waals surface area contributed by atoms with Crippen LogP contribution in [0.4, 0.5) is 29.5 Å². The van der Waals surface area contributed by atoms with E-state index in [1.165, 1.54) is 11.0 Å². The van der Waals surface area contributed by atoms with Gasteiger partial charge in [0.1, 0.15) is 11.5 Å². The fourth-order valence-electron chi connectivity index (χ4n) is 3.35. The number of carbonyl (C=O) groups is 1. The van der Waals surface area contributed by atoms with Crippen molar-refractivity contribution >= 4 is 17.6 Å². The summed E-state index contributed by atoms with van der Waals surface area (Å²) in [5.41, 5.74) is 0.0798. The Bertz CT molecular complexity index is 852. The number of benzene rings is 1. The second-order valence-corrected chi connectivity index (χ2v) is 7.35. The number of halogens is 3. The van der Waals surface area contributed by atoms with Crippen molar-refractivity contribution in [3.63, 3.8) is 0 Å². The maximum Gasteiger partial charge on any atom is 0.417 e. The summed E-state index contributed by atoms with van der Waals surface area (Å²) < 4.78 is 43.3. The highest BCUT2D eigenvalue weighted by Gasteiger charge is 2.43. The number of amides is 1. The van der Waals surface area contributed by atoms with Crippen LogP contribution in [0.25, 0.3) is 0 Å². The minimum Gasteiger partial charge on any atom is -0.465 e. The van der Waals surface area contributed by atoms with Gasteiger partial charge in [0.15, 0.2) is 0 Å². The predicted octanol–water partition coefficient (Wildman–Crippen LogP) is 4.89. The van der Waals surface area contributed by atoms with Gasteiger partial charge in [-0.2, -0.15) is 13.2 Å². The fraction of sp³-hybridized carbons (Fsp3) is 0.400. The number of aromatic nitrogens is 1. The van der Waals surface area contributed by atoms with Crippen LogP contribution < -0.4 is 5.32 Å². The summed E-state index contributed by atoms with van der Waals surface area (Å²) >= 11 is 0. The normalized spacial score (nSPS) is 18.7. The highest BCUT2D eigenvalue weighted by molar-refractivity contribution is 5.66. The number of aryl methyl sites for hydroxylation is 1. The summed E-state index contributed by atoms with van der Waals surface area (Å²) in [6.07, 6.45) is -3.32. The van der Waals surface area contributed by atoms with Gasteiger partial charge in [0.25, 0.3) is 0 Å². The van der Waals surface area contributed by atoms with Gasteiger partial charge in [-0.1, -0.05) is 12.1 Å². The number of anilines is 2. The number of pyridine rings is 1. The smallest absolute Gasteiger partial charge is 0.417 e. The lowest BCUT2D eigenvalue weighted by atomic mass is 10.0. The summed E-state index contributed by atoms with van der Waals surface area (Å²) in [5.74, 6) is 0.313. The van der Waals surface area contributed by atoms with Gasteiger partial charge < -0.3 is 15.2 Å². The van der Waals surface area contributed by atoms with Crippen LogP contribution in [-0.2, 0) is 17.3 Å².